The molecule has 0 saturated heterocycles. The molecule has 0 bridgehead atoms. The molecule has 0 N–H and O–H groups in total. The van der Waals surface area contributed by atoms with Gasteiger partial charge in [0, 0.05) is 17.4 Å². The first-order valence-corrected chi connectivity index (χ1v) is 7.51. The van der Waals surface area contributed by atoms with E-state index in [9.17, 15) is 5.26 Å². The Kier molecular flexibility index (Phi) is 3.12. The van der Waals surface area contributed by atoms with Crippen LogP contribution in [0, 0.1) is 23.7 Å². The molecule has 0 radical (unpaired) electrons. The van der Waals surface area contributed by atoms with Crippen molar-refractivity contribution >= 4 is 11.3 Å². The van der Waals surface area contributed by atoms with Crippen LogP contribution in [0.15, 0.2) is 29.6 Å². The molecule has 0 spiro atoms. The van der Waals surface area contributed by atoms with Gasteiger partial charge in [-0.15, -0.1) is 11.3 Å². The molecule has 19 heavy (non-hydrogen) atoms. The van der Waals surface area contributed by atoms with Crippen LogP contribution in [0.25, 0.3) is 11.3 Å². The van der Waals surface area contributed by atoms with E-state index in [4.69, 9.17) is 4.98 Å². The smallest absolute Gasteiger partial charge is 0.0948 e. The molecule has 2 aromatic rings. The van der Waals surface area contributed by atoms with Gasteiger partial charge in [-0.2, -0.15) is 5.26 Å². The van der Waals surface area contributed by atoms with Crippen LogP contribution in [0.5, 0.6) is 0 Å². The number of benzene rings is 1. The van der Waals surface area contributed by atoms with Crippen molar-refractivity contribution in [2.75, 3.05) is 0 Å². The third-order valence-corrected chi connectivity index (χ3v) is 4.75. The highest BCUT2D eigenvalue weighted by Crippen LogP contribution is 2.43. The van der Waals surface area contributed by atoms with Crippen molar-refractivity contribution in [1.29, 1.82) is 5.26 Å². The van der Waals surface area contributed by atoms with Crippen molar-refractivity contribution in [2.45, 2.75) is 32.6 Å². The molecule has 2 nitrogen and oxygen atoms in total. The van der Waals surface area contributed by atoms with Crippen LogP contribution in [0.1, 0.15) is 29.8 Å². The van der Waals surface area contributed by atoms with Gasteiger partial charge in [-0.3, -0.25) is 0 Å². The van der Waals surface area contributed by atoms with E-state index >= 15 is 0 Å². The second-order valence-corrected chi connectivity index (χ2v) is 6.36. The van der Waals surface area contributed by atoms with E-state index in [0.717, 1.165) is 30.0 Å². The van der Waals surface area contributed by atoms with Gasteiger partial charge in [-0.05, 0) is 25.8 Å². The molecule has 1 aliphatic carbocycles. The van der Waals surface area contributed by atoms with E-state index in [-0.39, 0.29) is 5.41 Å². The molecule has 1 heterocycles. The van der Waals surface area contributed by atoms with Crippen LogP contribution in [0.2, 0.25) is 0 Å². The average molecular weight is 268 g/mol. The van der Waals surface area contributed by atoms with Crippen LogP contribution in [0.3, 0.4) is 0 Å². The summed E-state index contributed by atoms with van der Waals surface area (Å²) in [5, 5.41) is 12.5. The first-order valence-electron chi connectivity index (χ1n) is 6.63. The van der Waals surface area contributed by atoms with Crippen molar-refractivity contribution < 1.29 is 0 Å². The minimum absolute atomic E-state index is 0.123. The number of aromatic nitrogens is 1. The minimum atomic E-state index is -0.123. The summed E-state index contributed by atoms with van der Waals surface area (Å²) in [7, 11) is 0. The van der Waals surface area contributed by atoms with Crippen molar-refractivity contribution in [3.63, 3.8) is 0 Å². The Bertz CT molecular complexity index is 632. The Morgan fingerprint density at radius 3 is 2.89 bits per heavy atom. The molecule has 0 aliphatic heterocycles. The van der Waals surface area contributed by atoms with Gasteiger partial charge in [0.1, 0.15) is 0 Å². The molecule has 0 unspecified atom stereocenters. The van der Waals surface area contributed by atoms with E-state index in [1.165, 1.54) is 17.5 Å². The van der Waals surface area contributed by atoms with Gasteiger partial charge in [0.25, 0.3) is 0 Å². The van der Waals surface area contributed by atoms with Crippen LogP contribution in [0.4, 0.5) is 0 Å². The fourth-order valence-corrected chi connectivity index (χ4v) is 3.50. The predicted octanol–water partition coefficient (Wildman–Crippen LogP) is 4.35. The maximum absolute atomic E-state index is 9.28. The second-order valence-electron chi connectivity index (χ2n) is 5.42. The summed E-state index contributed by atoms with van der Waals surface area (Å²) in [5.41, 5.74) is 3.33. The summed E-state index contributed by atoms with van der Waals surface area (Å²) in [4.78, 5) is 4.70. The lowest BCUT2D eigenvalue weighted by atomic mass is 9.68. The SMILES string of the molecule is Cc1cccc(-c2csc(CC3(C#N)CCC3)n2)c1. The molecule has 3 heteroatoms. The molecule has 1 fully saturated rings. The molecule has 96 valence electrons. The quantitative estimate of drug-likeness (QED) is 0.829. The number of hydrogen-bond donors (Lipinski definition) is 0. The fraction of sp³-hybridized carbons (Fsp3) is 0.375. The average Bonchev–Trinajstić information content (AvgIpc) is 2.82. The molecule has 1 aromatic carbocycles. The Hall–Kier alpha value is -1.66. The van der Waals surface area contributed by atoms with Gasteiger partial charge >= 0.3 is 0 Å². The predicted molar refractivity (Wildman–Crippen MR) is 77.9 cm³/mol. The highest BCUT2D eigenvalue weighted by Gasteiger charge is 2.38. The monoisotopic (exact) mass is 268 g/mol. The third-order valence-electron chi connectivity index (χ3n) is 3.90. The summed E-state index contributed by atoms with van der Waals surface area (Å²) in [6.45, 7) is 2.09. The largest absolute Gasteiger partial charge is 0.241 e. The lowest BCUT2D eigenvalue weighted by molar-refractivity contribution is 0.214. The van der Waals surface area contributed by atoms with E-state index in [1.54, 1.807) is 11.3 Å². The van der Waals surface area contributed by atoms with Crippen molar-refractivity contribution in [3.05, 3.63) is 40.2 Å². The molecule has 0 atom stereocenters. The summed E-state index contributed by atoms with van der Waals surface area (Å²) in [6.07, 6.45) is 4.06. The van der Waals surface area contributed by atoms with Crippen molar-refractivity contribution in [2.24, 2.45) is 5.41 Å². The molecule has 1 aromatic heterocycles. The molecule has 0 amide bonds. The van der Waals surface area contributed by atoms with Crippen molar-refractivity contribution in [3.8, 4) is 17.3 Å². The number of nitriles is 1. The van der Waals surface area contributed by atoms with Gasteiger partial charge in [-0.1, -0.05) is 30.2 Å². The molecule has 1 saturated carbocycles. The van der Waals surface area contributed by atoms with Gasteiger partial charge in [0.05, 0.1) is 22.2 Å². The van der Waals surface area contributed by atoms with Gasteiger partial charge < -0.3 is 0 Å². The van der Waals surface area contributed by atoms with E-state index in [2.05, 4.69) is 42.6 Å². The summed E-state index contributed by atoms with van der Waals surface area (Å²) < 4.78 is 0. The summed E-state index contributed by atoms with van der Waals surface area (Å²) >= 11 is 1.68. The zero-order valence-electron chi connectivity index (χ0n) is 11.0. The van der Waals surface area contributed by atoms with E-state index in [0.29, 0.717) is 0 Å². The second kappa shape index (κ2) is 4.79. The maximum Gasteiger partial charge on any atom is 0.0948 e. The zero-order chi connectivity index (χ0) is 13.3. The maximum atomic E-state index is 9.28. The lowest BCUT2D eigenvalue weighted by Gasteiger charge is -2.34. The normalized spacial score (nSPS) is 16.6. The van der Waals surface area contributed by atoms with Gasteiger partial charge in [-0.25, -0.2) is 4.98 Å². The van der Waals surface area contributed by atoms with Gasteiger partial charge in [0.15, 0.2) is 0 Å². The molecule has 3 rings (SSSR count). The molecular weight excluding hydrogens is 252 g/mol. The minimum Gasteiger partial charge on any atom is -0.241 e. The highest BCUT2D eigenvalue weighted by molar-refractivity contribution is 7.09. The topological polar surface area (TPSA) is 36.7 Å². The van der Waals surface area contributed by atoms with E-state index in [1.807, 2.05) is 0 Å². The first kappa shape index (κ1) is 12.4. The zero-order valence-corrected chi connectivity index (χ0v) is 11.8. The van der Waals surface area contributed by atoms with Crippen LogP contribution >= 0.6 is 11.3 Å². The Balaban J connectivity index is 1.82. The highest BCUT2D eigenvalue weighted by atomic mass is 32.1. The number of rotatable bonds is 3. The number of hydrogen-bond acceptors (Lipinski definition) is 3. The molecular formula is C16H16N2S. The van der Waals surface area contributed by atoms with Crippen LogP contribution in [-0.4, -0.2) is 4.98 Å². The first-order chi connectivity index (χ1) is 9.21. The van der Waals surface area contributed by atoms with Crippen molar-refractivity contribution in [1.82, 2.24) is 4.98 Å². The number of thiazole rings is 1. The van der Waals surface area contributed by atoms with Gasteiger partial charge in [0.2, 0.25) is 0 Å². The van der Waals surface area contributed by atoms with Crippen LogP contribution in [-0.2, 0) is 6.42 Å². The van der Waals surface area contributed by atoms with E-state index < -0.39 is 0 Å². The summed E-state index contributed by atoms with van der Waals surface area (Å²) in [6, 6.07) is 10.9. The Morgan fingerprint density at radius 1 is 1.42 bits per heavy atom. The summed E-state index contributed by atoms with van der Waals surface area (Å²) in [5.74, 6) is 0. The number of aryl methyl sites for hydroxylation is 1. The standard InChI is InChI=1S/C16H16N2S/c1-12-4-2-5-13(8-12)14-10-19-15(18-14)9-16(11-17)6-3-7-16/h2,4-5,8,10H,3,6-7,9H2,1H3. The fourth-order valence-electron chi connectivity index (χ4n) is 2.55. The molecule has 1 aliphatic rings. The Labute approximate surface area is 117 Å². The number of nitrogens with zero attached hydrogens (tertiary/aromatic N) is 2. The third kappa shape index (κ3) is 2.41. The Morgan fingerprint density at radius 2 is 2.26 bits per heavy atom. The lowest BCUT2D eigenvalue weighted by Crippen LogP contribution is -2.29. The van der Waals surface area contributed by atoms with Crippen LogP contribution < -0.4 is 0 Å².